The molecular formula is C14H24N4O. The van der Waals surface area contributed by atoms with Crippen LogP contribution in [-0.4, -0.2) is 28.8 Å². The Labute approximate surface area is 114 Å². The molecule has 2 fully saturated rings. The molecule has 0 amide bonds. The lowest BCUT2D eigenvalue weighted by Gasteiger charge is -2.20. The molecule has 3 rings (SSSR count). The van der Waals surface area contributed by atoms with Crippen molar-refractivity contribution in [2.75, 3.05) is 18.0 Å². The number of anilines is 1. The van der Waals surface area contributed by atoms with Gasteiger partial charge in [0.1, 0.15) is 0 Å². The quantitative estimate of drug-likeness (QED) is 0.907. The van der Waals surface area contributed by atoms with Gasteiger partial charge in [-0.3, -0.25) is 0 Å². The van der Waals surface area contributed by atoms with E-state index < -0.39 is 0 Å². The van der Waals surface area contributed by atoms with Crippen LogP contribution in [0.5, 0.6) is 0 Å². The van der Waals surface area contributed by atoms with Gasteiger partial charge in [-0.25, -0.2) is 0 Å². The maximum absolute atomic E-state index is 6.36. The molecule has 5 heteroatoms. The van der Waals surface area contributed by atoms with Crippen molar-refractivity contribution in [3.05, 3.63) is 5.89 Å². The van der Waals surface area contributed by atoms with Gasteiger partial charge in [-0.15, -0.1) is 0 Å². The van der Waals surface area contributed by atoms with Gasteiger partial charge in [0.25, 0.3) is 5.95 Å². The van der Waals surface area contributed by atoms with E-state index in [1.165, 1.54) is 38.5 Å². The molecule has 1 aromatic rings. The summed E-state index contributed by atoms with van der Waals surface area (Å²) in [5, 5.41) is 4.14. The highest BCUT2D eigenvalue weighted by atomic mass is 16.5. The molecule has 19 heavy (non-hydrogen) atoms. The summed E-state index contributed by atoms with van der Waals surface area (Å²) < 4.78 is 5.40. The van der Waals surface area contributed by atoms with Crippen LogP contribution in [0.15, 0.2) is 4.52 Å². The molecule has 1 aromatic heterocycles. The monoisotopic (exact) mass is 264 g/mol. The first kappa shape index (κ1) is 12.9. The molecule has 0 aromatic carbocycles. The Hall–Kier alpha value is -1.10. The molecule has 2 heterocycles. The van der Waals surface area contributed by atoms with Crippen LogP contribution in [-0.2, 0) is 6.42 Å². The minimum atomic E-state index is -0.109. The van der Waals surface area contributed by atoms with Crippen LogP contribution in [0, 0.1) is 0 Å². The van der Waals surface area contributed by atoms with Crippen molar-refractivity contribution in [2.45, 2.75) is 63.3 Å². The van der Waals surface area contributed by atoms with Crippen LogP contribution in [0.25, 0.3) is 0 Å². The van der Waals surface area contributed by atoms with E-state index in [1.54, 1.807) is 0 Å². The second kappa shape index (κ2) is 5.49. The fourth-order valence-corrected chi connectivity index (χ4v) is 3.27. The van der Waals surface area contributed by atoms with Crippen LogP contribution in [0.3, 0.4) is 0 Å². The van der Waals surface area contributed by atoms with Gasteiger partial charge in [-0.1, -0.05) is 25.7 Å². The number of nitrogens with two attached hydrogens (primary N) is 1. The molecular weight excluding hydrogens is 240 g/mol. The summed E-state index contributed by atoms with van der Waals surface area (Å²) in [4.78, 5) is 6.80. The Balaban J connectivity index is 1.65. The summed E-state index contributed by atoms with van der Waals surface area (Å²) in [6.45, 7) is 2.10. The smallest absolute Gasteiger partial charge is 0.266 e. The number of hydrogen-bond acceptors (Lipinski definition) is 5. The largest absolute Gasteiger partial charge is 0.338 e. The fourth-order valence-electron chi connectivity index (χ4n) is 3.27. The van der Waals surface area contributed by atoms with Gasteiger partial charge in [-0.05, 0) is 30.8 Å². The van der Waals surface area contributed by atoms with Crippen molar-refractivity contribution in [3.63, 3.8) is 0 Å². The Kier molecular flexibility index (Phi) is 3.73. The molecule has 2 N–H and O–H groups in total. The van der Waals surface area contributed by atoms with Crippen molar-refractivity contribution in [1.29, 1.82) is 0 Å². The first-order valence-electron chi connectivity index (χ1n) is 7.62. The summed E-state index contributed by atoms with van der Waals surface area (Å²) in [7, 11) is 0. The maximum Gasteiger partial charge on any atom is 0.266 e. The highest BCUT2D eigenvalue weighted by molar-refractivity contribution is 5.27. The first-order valence-corrected chi connectivity index (χ1v) is 7.62. The maximum atomic E-state index is 6.36. The van der Waals surface area contributed by atoms with E-state index >= 15 is 0 Å². The molecule has 0 spiro atoms. The van der Waals surface area contributed by atoms with Gasteiger partial charge in [0.15, 0.2) is 0 Å². The summed E-state index contributed by atoms with van der Waals surface area (Å²) in [6, 6.07) is 0. The summed E-state index contributed by atoms with van der Waals surface area (Å²) in [5.41, 5.74) is 6.25. The Bertz CT molecular complexity index is 403. The molecule has 5 nitrogen and oxygen atoms in total. The summed E-state index contributed by atoms with van der Waals surface area (Å²) in [6.07, 6.45) is 10.4. The van der Waals surface area contributed by atoms with Crippen LogP contribution in [0.2, 0.25) is 0 Å². The second-order valence-electron chi connectivity index (χ2n) is 6.14. The molecule has 1 saturated heterocycles. The van der Waals surface area contributed by atoms with Crippen LogP contribution in [0.4, 0.5) is 5.95 Å². The zero-order valence-corrected chi connectivity index (χ0v) is 11.6. The minimum absolute atomic E-state index is 0.109. The molecule has 0 atom stereocenters. The normalized spacial score (nSPS) is 23.5. The van der Waals surface area contributed by atoms with Gasteiger partial charge in [-0.2, -0.15) is 4.98 Å². The Morgan fingerprint density at radius 2 is 1.74 bits per heavy atom. The van der Waals surface area contributed by atoms with Gasteiger partial charge in [0, 0.05) is 25.0 Å². The zero-order chi connectivity index (χ0) is 13.1. The lowest BCUT2D eigenvalue weighted by molar-refractivity contribution is 0.329. The highest BCUT2D eigenvalue weighted by Crippen LogP contribution is 2.30. The van der Waals surface area contributed by atoms with Gasteiger partial charge < -0.3 is 15.2 Å². The topological polar surface area (TPSA) is 68.2 Å². The first-order chi connectivity index (χ1) is 9.25. The number of nitrogens with zero attached hydrogens (tertiary/aromatic N) is 3. The molecule has 1 saturated carbocycles. The Morgan fingerprint density at radius 3 is 2.42 bits per heavy atom. The predicted molar refractivity (Wildman–Crippen MR) is 74.1 cm³/mol. The third-order valence-electron chi connectivity index (χ3n) is 4.45. The Morgan fingerprint density at radius 1 is 1.05 bits per heavy atom. The predicted octanol–water partition coefficient (Wildman–Crippen LogP) is 2.26. The number of rotatable bonds is 3. The molecule has 0 bridgehead atoms. The second-order valence-corrected chi connectivity index (χ2v) is 6.14. The van der Waals surface area contributed by atoms with Crippen LogP contribution >= 0.6 is 0 Å². The molecule has 0 radical (unpaired) electrons. The number of aromatic nitrogens is 2. The molecule has 106 valence electrons. The SMILES string of the molecule is NC1(Cc2nc(N3CCCCCC3)no2)CCCC1. The summed E-state index contributed by atoms with van der Waals surface area (Å²) in [5.74, 6) is 1.47. The molecule has 1 aliphatic heterocycles. The van der Waals surface area contributed by atoms with E-state index in [2.05, 4.69) is 15.0 Å². The van der Waals surface area contributed by atoms with Gasteiger partial charge >= 0.3 is 0 Å². The van der Waals surface area contributed by atoms with E-state index in [4.69, 9.17) is 10.3 Å². The van der Waals surface area contributed by atoms with E-state index in [9.17, 15) is 0 Å². The van der Waals surface area contributed by atoms with Crippen LogP contribution in [0.1, 0.15) is 57.3 Å². The summed E-state index contributed by atoms with van der Waals surface area (Å²) >= 11 is 0. The number of hydrogen-bond donors (Lipinski definition) is 1. The van der Waals surface area contributed by atoms with Crippen molar-refractivity contribution in [2.24, 2.45) is 5.73 Å². The molecule has 0 unspecified atom stereocenters. The molecule has 1 aliphatic carbocycles. The van der Waals surface area contributed by atoms with E-state index in [0.717, 1.165) is 38.3 Å². The lowest BCUT2D eigenvalue weighted by atomic mass is 9.95. The molecule has 2 aliphatic rings. The van der Waals surface area contributed by atoms with Crippen molar-refractivity contribution < 1.29 is 4.52 Å². The fraction of sp³-hybridized carbons (Fsp3) is 0.857. The van der Waals surface area contributed by atoms with Crippen LogP contribution < -0.4 is 10.6 Å². The minimum Gasteiger partial charge on any atom is -0.338 e. The standard InChI is InChI=1S/C14H24N4O/c15-14(7-3-4-8-14)11-12-16-13(17-19-12)18-9-5-1-2-6-10-18/h1-11,15H2. The van der Waals surface area contributed by atoms with E-state index in [1.807, 2.05) is 0 Å². The van der Waals surface area contributed by atoms with E-state index in [0.29, 0.717) is 5.89 Å². The van der Waals surface area contributed by atoms with E-state index in [-0.39, 0.29) is 5.54 Å². The van der Waals surface area contributed by atoms with Crippen molar-refractivity contribution >= 4 is 5.95 Å². The van der Waals surface area contributed by atoms with Crippen molar-refractivity contribution in [1.82, 2.24) is 10.1 Å². The average Bonchev–Trinajstić information content (AvgIpc) is 2.92. The van der Waals surface area contributed by atoms with Gasteiger partial charge in [0.05, 0.1) is 0 Å². The third-order valence-corrected chi connectivity index (χ3v) is 4.45. The van der Waals surface area contributed by atoms with Crippen molar-refractivity contribution in [3.8, 4) is 0 Å². The lowest BCUT2D eigenvalue weighted by Crippen LogP contribution is -2.38. The zero-order valence-electron chi connectivity index (χ0n) is 11.6. The average molecular weight is 264 g/mol. The highest BCUT2D eigenvalue weighted by Gasteiger charge is 2.32. The van der Waals surface area contributed by atoms with Gasteiger partial charge in [0.2, 0.25) is 5.89 Å². The third kappa shape index (κ3) is 3.08.